The summed E-state index contributed by atoms with van der Waals surface area (Å²) in [6.45, 7) is 14.0. The highest BCUT2D eigenvalue weighted by molar-refractivity contribution is 5.94. The fourth-order valence-corrected chi connectivity index (χ4v) is 10.9. The molecule has 4 aliphatic rings. The van der Waals surface area contributed by atoms with Crippen LogP contribution in [0.2, 0.25) is 0 Å². The number of aliphatic hydroxyl groups is 3. The van der Waals surface area contributed by atoms with Gasteiger partial charge in [0.05, 0.1) is 29.6 Å². The molecule has 2 saturated carbocycles. The first-order valence-corrected chi connectivity index (χ1v) is 23.8. The summed E-state index contributed by atoms with van der Waals surface area (Å²) in [6.07, 6.45) is -6.29. The van der Waals surface area contributed by atoms with Gasteiger partial charge in [-0.1, -0.05) is 101 Å². The average molecular weight is 948 g/mol. The molecule has 1 amide bonds. The number of ketones is 1. The first kappa shape index (κ1) is 52.2. The molecule has 0 radical (unpaired) electrons. The predicted molar refractivity (Wildman–Crippen MR) is 245 cm³/mol. The van der Waals surface area contributed by atoms with Crippen molar-refractivity contribution in [2.75, 3.05) is 6.61 Å². The number of aliphatic hydroxyl groups excluding tert-OH is 2. The number of unbranched alkanes of at least 4 members (excludes halogenated alkanes) is 5. The normalized spacial score (nSPS) is 30.4. The maximum absolute atomic E-state index is 15.2. The minimum Gasteiger partial charge on any atom is -0.455 e. The van der Waals surface area contributed by atoms with Crippen molar-refractivity contribution in [3.8, 4) is 0 Å². The van der Waals surface area contributed by atoms with Gasteiger partial charge in [0.25, 0.3) is 0 Å². The fourth-order valence-electron chi connectivity index (χ4n) is 10.9. The summed E-state index contributed by atoms with van der Waals surface area (Å²) < 4.78 is 36.3. The molecule has 1 aliphatic heterocycles. The van der Waals surface area contributed by atoms with Crippen LogP contribution >= 0.6 is 0 Å². The van der Waals surface area contributed by atoms with Gasteiger partial charge in [-0.25, -0.2) is 14.4 Å². The number of benzene rings is 2. The van der Waals surface area contributed by atoms with Gasteiger partial charge in [-0.05, 0) is 69.9 Å². The van der Waals surface area contributed by atoms with Crippen molar-refractivity contribution in [1.82, 2.24) is 5.32 Å². The molecule has 11 atom stereocenters. The van der Waals surface area contributed by atoms with Crippen LogP contribution in [0.5, 0.6) is 0 Å². The number of carbonyl (C=O) groups is 6. The van der Waals surface area contributed by atoms with E-state index in [1.807, 2.05) is 0 Å². The van der Waals surface area contributed by atoms with Gasteiger partial charge in [0.15, 0.2) is 11.4 Å². The number of ether oxygens (including phenoxy) is 6. The van der Waals surface area contributed by atoms with Crippen LogP contribution in [0.1, 0.15) is 142 Å². The second kappa shape index (κ2) is 20.4. The Kier molecular flexibility index (Phi) is 15.7. The second-order valence-corrected chi connectivity index (χ2v) is 20.6. The van der Waals surface area contributed by atoms with Gasteiger partial charge in [-0.15, -0.1) is 0 Å². The summed E-state index contributed by atoms with van der Waals surface area (Å²) in [5, 5.41) is 40.9. The molecule has 0 spiro atoms. The molecular weight excluding hydrogens is 879 g/mol. The maximum atomic E-state index is 15.2. The van der Waals surface area contributed by atoms with E-state index < -0.39 is 118 Å². The molecule has 2 aromatic carbocycles. The van der Waals surface area contributed by atoms with Crippen LogP contribution < -0.4 is 5.32 Å². The van der Waals surface area contributed by atoms with Gasteiger partial charge in [0, 0.05) is 31.6 Å². The number of hydrogen-bond acceptors (Lipinski definition) is 15. The van der Waals surface area contributed by atoms with Crippen molar-refractivity contribution in [2.45, 2.75) is 180 Å². The molecular formula is C52H69NO15. The van der Waals surface area contributed by atoms with Crippen LogP contribution in [0.25, 0.3) is 0 Å². The molecule has 3 aliphatic carbocycles. The Labute approximate surface area is 398 Å². The molecule has 68 heavy (non-hydrogen) atoms. The Morgan fingerprint density at radius 1 is 0.897 bits per heavy atom. The van der Waals surface area contributed by atoms with E-state index in [2.05, 4.69) is 12.2 Å². The molecule has 4 N–H and O–H groups in total. The van der Waals surface area contributed by atoms with Crippen LogP contribution in [0, 0.1) is 16.7 Å². The highest BCUT2D eigenvalue weighted by Gasteiger charge is 2.78. The van der Waals surface area contributed by atoms with Crippen molar-refractivity contribution in [1.29, 1.82) is 0 Å². The highest BCUT2D eigenvalue weighted by Crippen LogP contribution is 2.64. The summed E-state index contributed by atoms with van der Waals surface area (Å²) in [5.74, 6) is -6.07. The van der Waals surface area contributed by atoms with Crippen LogP contribution in [-0.2, 0) is 47.6 Å². The van der Waals surface area contributed by atoms with Crippen LogP contribution in [0.15, 0.2) is 71.8 Å². The van der Waals surface area contributed by atoms with E-state index in [4.69, 9.17) is 28.4 Å². The average Bonchev–Trinajstić information content (AvgIpc) is 3.27. The number of fused-ring (bicyclic) bond motifs is 5. The predicted octanol–water partition coefficient (Wildman–Crippen LogP) is 6.56. The Balaban J connectivity index is 1.48. The number of amides is 1. The molecule has 3 fully saturated rings. The van der Waals surface area contributed by atoms with Gasteiger partial charge < -0.3 is 49.1 Å². The zero-order valence-electron chi connectivity index (χ0n) is 40.7. The lowest BCUT2D eigenvalue weighted by Crippen LogP contribution is -2.81. The van der Waals surface area contributed by atoms with Gasteiger partial charge in [-0.2, -0.15) is 0 Å². The molecule has 2 aromatic rings. The number of alkyl carbamates (subject to hydrolysis) is 1. The zero-order valence-corrected chi connectivity index (χ0v) is 40.7. The number of Topliss-reactive ketones (excluding diaryl/α,β-unsaturated/α-hetero) is 1. The van der Waals surface area contributed by atoms with E-state index in [0.29, 0.717) is 12.0 Å². The van der Waals surface area contributed by atoms with Crippen LogP contribution in [0.4, 0.5) is 4.79 Å². The van der Waals surface area contributed by atoms with Gasteiger partial charge in [-0.3, -0.25) is 14.4 Å². The summed E-state index contributed by atoms with van der Waals surface area (Å²) in [7, 11) is 0. The van der Waals surface area contributed by atoms with E-state index in [0.717, 1.165) is 39.0 Å². The number of esters is 4. The topological polar surface area (TPSA) is 231 Å². The Bertz CT molecular complexity index is 2220. The van der Waals surface area contributed by atoms with Crippen molar-refractivity contribution in [3.05, 3.63) is 82.9 Å². The number of carbonyl (C=O) groups excluding carboxylic acids is 6. The first-order chi connectivity index (χ1) is 31.9. The lowest BCUT2D eigenvalue weighted by Gasteiger charge is -2.67. The quantitative estimate of drug-likeness (QED) is 0.0604. The van der Waals surface area contributed by atoms with Crippen LogP contribution in [-0.4, -0.2) is 111 Å². The minimum absolute atomic E-state index is 0.0478. The molecule has 0 aromatic heterocycles. The van der Waals surface area contributed by atoms with Gasteiger partial charge in [0.2, 0.25) is 6.10 Å². The third-order valence-electron chi connectivity index (χ3n) is 14.5. The Hall–Kier alpha value is -5.16. The monoisotopic (exact) mass is 947 g/mol. The molecule has 16 heteroatoms. The number of hydrogen-bond donors (Lipinski definition) is 4. The smallest absolute Gasteiger partial charge is 0.408 e. The van der Waals surface area contributed by atoms with Crippen LogP contribution in [0.3, 0.4) is 0 Å². The van der Waals surface area contributed by atoms with Crippen molar-refractivity contribution < 1.29 is 72.5 Å². The Morgan fingerprint density at radius 2 is 1.51 bits per heavy atom. The van der Waals surface area contributed by atoms with Gasteiger partial charge >= 0.3 is 30.0 Å². The van der Waals surface area contributed by atoms with Crippen molar-refractivity contribution >= 4 is 35.8 Å². The minimum atomic E-state index is -2.40. The standard InChI is InChI=1S/C52H69NO15/c1-10-11-12-13-14-21-26-37(56)65-41(39(32-22-17-15-18-23-32)53-47(61)68-48(4,5)6)46(60)64-34-28-52(62)44(66-45(59)33-24-19-16-20-25-33)42-50(9,43(58)40(57)38(30(34)2)49(52,7)8)35(55)27-36-51(42,29-63-36)67-31(3)54/h15-20,22-25,34-36,39-42,44,55,57,62H,10-14,21,26-29H2,1-9H3,(H,53,61)/t34-,35-,36+,39-,40+,41+,42?,44?,50+,51-,52+/m0/s1. The molecule has 1 heterocycles. The molecule has 2 unspecified atom stereocenters. The highest BCUT2D eigenvalue weighted by atomic mass is 16.6. The van der Waals surface area contributed by atoms with E-state index in [1.165, 1.54) is 26.0 Å². The zero-order chi connectivity index (χ0) is 50.0. The fraction of sp³-hybridized carbons (Fsp3) is 0.615. The summed E-state index contributed by atoms with van der Waals surface area (Å²) in [6, 6.07) is 14.8. The van der Waals surface area contributed by atoms with Crippen molar-refractivity contribution in [3.63, 3.8) is 0 Å². The summed E-state index contributed by atoms with van der Waals surface area (Å²) >= 11 is 0. The SMILES string of the molecule is CCCCCCCCC(=O)O[C@@H](C(=O)O[C@H]1C[C@@]2(O)C(OC(=O)c3ccccc3)C3[C@](C)(C(=O)[C@H](O)C(=C1C)C2(C)C)[C@@H](O)C[C@H]1OC[C@@]31OC(C)=O)[C@@H](NC(=O)OC(C)(C)C)c1ccccc1. The molecule has 1 saturated heterocycles. The number of nitrogens with one attached hydrogen (secondary N) is 1. The largest absolute Gasteiger partial charge is 0.455 e. The lowest BCUT2D eigenvalue weighted by molar-refractivity contribution is -0.346. The first-order valence-electron chi connectivity index (χ1n) is 23.8. The lowest BCUT2D eigenvalue weighted by atomic mass is 9.44. The third kappa shape index (κ3) is 10.1. The maximum Gasteiger partial charge on any atom is 0.408 e. The molecule has 16 nitrogen and oxygen atoms in total. The molecule has 2 bridgehead atoms. The van der Waals surface area contributed by atoms with Gasteiger partial charge in [0.1, 0.15) is 41.7 Å². The second-order valence-electron chi connectivity index (χ2n) is 20.6. The number of rotatable bonds is 16. The van der Waals surface area contributed by atoms with Crippen molar-refractivity contribution in [2.24, 2.45) is 16.7 Å². The van der Waals surface area contributed by atoms with E-state index in [-0.39, 0.29) is 36.2 Å². The molecule has 372 valence electrons. The summed E-state index contributed by atoms with van der Waals surface area (Å²) in [4.78, 5) is 84.8. The van der Waals surface area contributed by atoms with E-state index in [9.17, 15) is 34.5 Å². The molecule has 6 rings (SSSR count). The van der Waals surface area contributed by atoms with E-state index in [1.54, 1.807) is 83.1 Å². The third-order valence-corrected chi connectivity index (χ3v) is 14.5. The summed E-state index contributed by atoms with van der Waals surface area (Å²) in [5.41, 5.74) is -8.31. The van der Waals surface area contributed by atoms with E-state index >= 15 is 9.59 Å². The Morgan fingerprint density at radius 3 is 2.10 bits per heavy atom.